The summed E-state index contributed by atoms with van der Waals surface area (Å²) in [5.41, 5.74) is 2.32. The molecule has 1 N–H and O–H groups in total. The highest BCUT2D eigenvalue weighted by Crippen LogP contribution is 2.26. The Morgan fingerprint density at radius 1 is 1.14 bits per heavy atom. The monoisotopic (exact) mass is 412 g/mol. The van der Waals surface area contributed by atoms with Gasteiger partial charge in [-0.25, -0.2) is 14.1 Å². The van der Waals surface area contributed by atoms with Crippen molar-refractivity contribution in [1.29, 1.82) is 0 Å². The van der Waals surface area contributed by atoms with Crippen molar-refractivity contribution in [2.75, 3.05) is 0 Å². The summed E-state index contributed by atoms with van der Waals surface area (Å²) in [6, 6.07) is 11.6. The minimum Gasteiger partial charge on any atom is -0.347 e. The van der Waals surface area contributed by atoms with E-state index in [-0.39, 0.29) is 23.6 Å². The van der Waals surface area contributed by atoms with E-state index in [0.717, 1.165) is 36.9 Å². The summed E-state index contributed by atoms with van der Waals surface area (Å²) in [7, 11) is 0. The molecule has 1 fully saturated rings. The lowest BCUT2D eigenvalue weighted by Crippen LogP contribution is -2.36. The largest absolute Gasteiger partial charge is 0.347 e. The first-order chi connectivity index (χ1) is 14.0. The van der Waals surface area contributed by atoms with E-state index in [1.165, 1.54) is 18.6 Å². The van der Waals surface area contributed by atoms with Crippen molar-refractivity contribution in [1.82, 2.24) is 20.1 Å². The van der Waals surface area contributed by atoms with Crippen molar-refractivity contribution < 1.29 is 9.18 Å². The Balaban J connectivity index is 1.75. The maximum absolute atomic E-state index is 13.4. The molecule has 0 atom stereocenters. The summed E-state index contributed by atoms with van der Waals surface area (Å²) in [5, 5.41) is 8.09. The minimum absolute atomic E-state index is 0.0919. The summed E-state index contributed by atoms with van der Waals surface area (Å²) in [4.78, 5) is 17.3. The average molecular weight is 413 g/mol. The topological polar surface area (TPSA) is 59.8 Å². The van der Waals surface area contributed by atoms with Gasteiger partial charge in [-0.05, 0) is 61.7 Å². The van der Waals surface area contributed by atoms with Gasteiger partial charge in [0.15, 0.2) is 5.82 Å². The molecule has 1 amide bonds. The average Bonchev–Trinajstić information content (AvgIpc) is 3.16. The molecule has 0 unspecified atom stereocenters. The highest BCUT2D eigenvalue weighted by atomic mass is 35.5. The predicted molar refractivity (Wildman–Crippen MR) is 111 cm³/mol. The van der Waals surface area contributed by atoms with Gasteiger partial charge in [-0.15, -0.1) is 5.10 Å². The van der Waals surface area contributed by atoms with E-state index in [1.807, 2.05) is 13.0 Å². The molecule has 4 rings (SSSR count). The van der Waals surface area contributed by atoms with Crippen LogP contribution in [0.4, 0.5) is 4.39 Å². The van der Waals surface area contributed by atoms with Gasteiger partial charge in [0.2, 0.25) is 5.82 Å². The Morgan fingerprint density at radius 3 is 2.59 bits per heavy atom. The van der Waals surface area contributed by atoms with Crippen molar-refractivity contribution in [3.05, 3.63) is 64.7 Å². The zero-order valence-corrected chi connectivity index (χ0v) is 16.9. The van der Waals surface area contributed by atoms with Gasteiger partial charge in [0.1, 0.15) is 5.82 Å². The first-order valence-electron chi connectivity index (χ1n) is 9.81. The standard InChI is InChI=1S/C22H22ClFN4O/c1-14-7-10-16(23)13-19(14)28-21(15-8-11-17(24)12-9-15)26-20(27-28)22(29)25-18-5-3-2-4-6-18/h7-13,18H,2-6H2,1H3,(H,25,29). The second-order valence-electron chi connectivity index (χ2n) is 7.42. The van der Waals surface area contributed by atoms with Crippen molar-refractivity contribution in [2.45, 2.75) is 45.1 Å². The minimum atomic E-state index is -0.339. The van der Waals surface area contributed by atoms with Crippen LogP contribution in [0.1, 0.15) is 48.3 Å². The lowest BCUT2D eigenvalue weighted by Gasteiger charge is -2.21. The fourth-order valence-electron chi connectivity index (χ4n) is 3.67. The van der Waals surface area contributed by atoms with Crippen molar-refractivity contribution in [2.24, 2.45) is 0 Å². The SMILES string of the molecule is Cc1ccc(Cl)cc1-n1nc(C(=O)NC2CCCCC2)nc1-c1ccc(F)cc1. The van der Waals surface area contributed by atoms with E-state index in [2.05, 4.69) is 15.4 Å². The van der Waals surface area contributed by atoms with Crippen LogP contribution in [0.2, 0.25) is 5.02 Å². The number of rotatable bonds is 4. The molecule has 29 heavy (non-hydrogen) atoms. The molecule has 7 heteroatoms. The lowest BCUT2D eigenvalue weighted by atomic mass is 9.95. The molecule has 0 aliphatic heterocycles. The van der Waals surface area contributed by atoms with Gasteiger partial charge in [-0.3, -0.25) is 4.79 Å². The molecule has 2 aromatic carbocycles. The molecule has 0 spiro atoms. The molecule has 3 aromatic rings. The number of hydrogen-bond donors (Lipinski definition) is 1. The molecule has 0 bridgehead atoms. The van der Waals surface area contributed by atoms with E-state index in [4.69, 9.17) is 11.6 Å². The third-order valence-corrected chi connectivity index (χ3v) is 5.49. The number of nitrogens with zero attached hydrogens (tertiary/aromatic N) is 3. The maximum atomic E-state index is 13.4. The first-order valence-corrected chi connectivity index (χ1v) is 10.2. The predicted octanol–water partition coefficient (Wildman–Crippen LogP) is 5.10. The zero-order chi connectivity index (χ0) is 20.4. The van der Waals surface area contributed by atoms with Gasteiger partial charge in [0.05, 0.1) is 5.69 Å². The second-order valence-corrected chi connectivity index (χ2v) is 7.85. The van der Waals surface area contributed by atoms with Gasteiger partial charge in [-0.2, -0.15) is 0 Å². The van der Waals surface area contributed by atoms with E-state index < -0.39 is 0 Å². The van der Waals surface area contributed by atoms with Gasteiger partial charge in [0, 0.05) is 16.6 Å². The maximum Gasteiger partial charge on any atom is 0.291 e. The molecular weight excluding hydrogens is 391 g/mol. The fraction of sp³-hybridized carbons (Fsp3) is 0.318. The van der Waals surface area contributed by atoms with Crippen molar-refractivity contribution in [3.8, 4) is 17.1 Å². The van der Waals surface area contributed by atoms with Crippen LogP contribution in [0.15, 0.2) is 42.5 Å². The molecule has 1 aliphatic rings. The number of benzene rings is 2. The Morgan fingerprint density at radius 2 is 1.86 bits per heavy atom. The fourth-order valence-corrected chi connectivity index (χ4v) is 3.84. The van der Waals surface area contributed by atoms with Crippen LogP contribution in [0.5, 0.6) is 0 Å². The van der Waals surface area contributed by atoms with Gasteiger partial charge >= 0.3 is 0 Å². The van der Waals surface area contributed by atoms with Crippen LogP contribution in [-0.2, 0) is 0 Å². The molecule has 1 aliphatic carbocycles. The lowest BCUT2D eigenvalue weighted by molar-refractivity contribution is 0.0917. The smallest absolute Gasteiger partial charge is 0.291 e. The molecule has 0 radical (unpaired) electrons. The molecule has 0 saturated heterocycles. The Labute approximate surface area is 173 Å². The van der Waals surface area contributed by atoms with Crippen molar-refractivity contribution in [3.63, 3.8) is 0 Å². The number of carbonyl (C=O) groups excluding carboxylic acids is 1. The highest BCUT2D eigenvalue weighted by molar-refractivity contribution is 6.30. The van der Waals surface area contributed by atoms with Crippen LogP contribution in [-0.4, -0.2) is 26.7 Å². The molecule has 1 heterocycles. The molecule has 1 saturated carbocycles. The Kier molecular flexibility index (Phi) is 5.62. The summed E-state index contributed by atoms with van der Waals surface area (Å²) in [5.74, 6) is -0.0776. The Hall–Kier alpha value is -2.73. The number of halogens is 2. The first kappa shape index (κ1) is 19.6. The molecule has 1 aromatic heterocycles. The Bertz CT molecular complexity index is 1030. The number of carbonyl (C=O) groups is 1. The van der Waals surface area contributed by atoms with Gasteiger partial charge in [-0.1, -0.05) is 36.9 Å². The molecule has 5 nitrogen and oxygen atoms in total. The van der Waals surface area contributed by atoms with Crippen LogP contribution in [0, 0.1) is 12.7 Å². The van der Waals surface area contributed by atoms with Crippen LogP contribution in [0.25, 0.3) is 17.1 Å². The normalized spacial score (nSPS) is 14.7. The third kappa shape index (κ3) is 4.32. The summed E-state index contributed by atoms with van der Waals surface area (Å²) >= 11 is 6.19. The van der Waals surface area contributed by atoms with Crippen molar-refractivity contribution >= 4 is 17.5 Å². The molecular formula is C22H22ClFN4O. The second kappa shape index (κ2) is 8.33. The quantitative estimate of drug-likeness (QED) is 0.648. The van der Waals surface area contributed by atoms with E-state index >= 15 is 0 Å². The van der Waals surface area contributed by atoms with Gasteiger partial charge in [0.25, 0.3) is 5.91 Å². The van der Waals surface area contributed by atoms with E-state index in [1.54, 1.807) is 28.9 Å². The van der Waals surface area contributed by atoms with Gasteiger partial charge < -0.3 is 5.32 Å². The number of aromatic nitrogens is 3. The number of hydrogen-bond acceptors (Lipinski definition) is 3. The number of amides is 1. The van der Waals surface area contributed by atoms with Crippen LogP contribution < -0.4 is 5.32 Å². The van der Waals surface area contributed by atoms with E-state index in [0.29, 0.717) is 16.4 Å². The highest BCUT2D eigenvalue weighted by Gasteiger charge is 2.23. The van der Waals surface area contributed by atoms with Crippen LogP contribution in [0.3, 0.4) is 0 Å². The zero-order valence-electron chi connectivity index (χ0n) is 16.2. The number of aryl methyl sites for hydroxylation is 1. The molecule has 150 valence electrons. The summed E-state index contributed by atoms with van der Waals surface area (Å²) in [6.45, 7) is 1.93. The third-order valence-electron chi connectivity index (χ3n) is 5.25. The summed E-state index contributed by atoms with van der Waals surface area (Å²) in [6.07, 6.45) is 5.40. The van der Waals surface area contributed by atoms with Crippen LogP contribution >= 0.6 is 11.6 Å². The number of nitrogens with one attached hydrogen (secondary N) is 1. The van der Waals surface area contributed by atoms with E-state index in [9.17, 15) is 9.18 Å². The summed E-state index contributed by atoms with van der Waals surface area (Å²) < 4.78 is 15.0.